The Hall–Kier alpha value is -1.19. The van der Waals surface area contributed by atoms with Gasteiger partial charge < -0.3 is 5.32 Å². The summed E-state index contributed by atoms with van der Waals surface area (Å²) in [5.74, 6) is 0. The van der Waals surface area contributed by atoms with E-state index in [1.807, 2.05) is 12.6 Å². The van der Waals surface area contributed by atoms with Crippen LogP contribution in [0.2, 0.25) is 0 Å². The van der Waals surface area contributed by atoms with Crippen molar-refractivity contribution >= 4 is 11.3 Å². The van der Waals surface area contributed by atoms with Crippen LogP contribution in [0.15, 0.2) is 29.8 Å². The standard InChI is InChI=1S/C12H14N2S/c1-9-5-3-4-6-10(9)12-11(7-13-2)14-8-15-12/h3-6,8,13H,7H2,1-2H3. The quantitative estimate of drug-likeness (QED) is 0.857. The van der Waals surface area contributed by atoms with Crippen molar-refractivity contribution in [3.05, 3.63) is 41.0 Å². The molecule has 1 aromatic carbocycles. The Morgan fingerprint density at radius 1 is 1.33 bits per heavy atom. The molecule has 2 aromatic rings. The van der Waals surface area contributed by atoms with Crippen molar-refractivity contribution in [2.45, 2.75) is 13.5 Å². The van der Waals surface area contributed by atoms with E-state index >= 15 is 0 Å². The summed E-state index contributed by atoms with van der Waals surface area (Å²) in [5, 5.41) is 3.14. The molecule has 1 heterocycles. The molecule has 0 aliphatic heterocycles. The Bertz CT molecular complexity index is 448. The fraction of sp³-hybridized carbons (Fsp3) is 0.250. The van der Waals surface area contributed by atoms with Gasteiger partial charge in [-0.2, -0.15) is 0 Å². The number of hydrogen-bond donors (Lipinski definition) is 1. The van der Waals surface area contributed by atoms with Crippen LogP contribution in [0.3, 0.4) is 0 Å². The number of aryl methyl sites for hydroxylation is 1. The van der Waals surface area contributed by atoms with Crippen LogP contribution in [-0.2, 0) is 6.54 Å². The lowest BCUT2D eigenvalue weighted by Gasteiger charge is -2.05. The first kappa shape index (κ1) is 10.3. The number of aromatic nitrogens is 1. The SMILES string of the molecule is CNCc1ncsc1-c1ccccc1C. The molecule has 0 unspecified atom stereocenters. The second kappa shape index (κ2) is 4.55. The number of benzene rings is 1. The van der Waals surface area contributed by atoms with Gasteiger partial charge in [0.15, 0.2) is 0 Å². The van der Waals surface area contributed by atoms with E-state index in [0.717, 1.165) is 12.2 Å². The molecule has 1 aromatic heterocycles. The third-order valence-corrected chi connectivity index (χ3v) is 3.28. The number of hydrogen-bond acceptors (Lipinski definition) is 3. The molecule has 0 spiro atoms. The van der Waals surface area contributed by atoms with E-state index in [9.17, 15) is 0 Å². The maximum absolute atomic E-state index is 4.38. The fourth-order valence-electron chi connectivity index (χ4n) is 1.61. The summed E-state index contributed by atoms with van der Waals surface area (Å²) >= 11 is 1.71. The summed E-state index contributed by atoms with van der Waals surface area (Å²) in [7, 11) is 1.95. The molecule has 0 saturated heterocycles. The van der Waals surface area contributed by atoms with Crippen LogP contribution in [0.4, 0.5) is 0 Å². The van der Waals surface area contributed by atoms with Gasteiger partial charge in [-0.05, 0) is 25.1 Å². The maximum Gasteiger partial charge on any atom is 0.0802 e. The van der Waals surface area contributed by atoms with E-state index in [-0.39, 0.29) is 0 Å². The smallest absolute Gasteiger partial charge is 0.0802 e. The summed E-state index contributed by atoms with van der Waals surface area (Å²) in [5.41, 5.74) is 5.65. The molecular weight excluding hydrogens is 204 g/mol. The molecule has 0 atom stereocenters. The van der Waals surface area contributed by atoms with Crippen LogP contribution in [0.25, 0.3) is 10.4 Å². The molecule has 78 valence electrons. The Kier molecular flexibility index (Phi) is 3.14. The average molecular weight is 218 g/mol. The van der Waals surface area contributed by atoms with Crippen molar-refractivity contribution in [3.63, 3.8) is 0 Å². The van der Waals surface area contributed by atoms with Gasteiger partial charge in [0, 0.05) is 6.54 Å². The monoisotopic (exact) mass is 218 g/mol. The summed E-state index contributed by atoms with van der Waals surface area (Å²) in [4.78, 5) is 5.66. The minimum absolute atomic E-state index is 0.827. The predicted octanol–water partition coefficient (Wildman–Crippen LogP) is 2.84. The van der Waals surface area contributed by atoms with Crippen molar-refractivity contribution in [2.75, 3.05) is 7.05 Å². The fourth-order valence-corrected chi connectivity index (χ4v) is 2.51. The molecule has 0 aliphatic rings. The molecule has 15 heavy (non-hydrogen) atoms. The van der Waals surface area contributed by atoms with Gasteiger partial charge in [0.25, 0.3) is 0 Å². The molecule has 0 aliphatic carbocycles. The van der Waals surface area contributed by atoms with Gasteiger partial charge in [-0.3, -0.25) is 0 Å². The van der Waals surface area contributed by atoms with Crippen LogP contribution in [-0.4, -0.2) is 12.0 Å². The average Bonchev–Trinajstić information content (AvgIpc) is 2.67. The van der Waals surface area contributed by atoms with Crippen molar-refractivity contribution in [2.24, 2.45) is 0 Å². The molecule has 2 nitrogen and oxygen atoms in total. The molecule has 0 bridgehead atoms. The van der Waals surface area contributed by atoms with E-state index in [4.69, 9.17) is 0 Å². The van der Waals surface area contributed by atoms with E-state index in [1.165, 1.54) is 16.0 Å². The predicted molar refractivity (Wildman–Crippen MR) is 65.1 cm³/mol. The number of thiazole rings is 1. The Balaban J connectivity index is 2.45. The highest BCUT2D eigenvalue weighted by Gasteiger charge is 2.09. The Morgan fingerprint density at radius 3 is 2.87 bits per heavy atom. The Labute approximate surface area is 94.0 Å². The van der Waals surface area contributed by atoms with Crippen LogP contribution in [0.1, 0.15) is 11.3 Å². The first-order chi connectivity index (χ1) is 7.33. The molecule has 0 fully saturated rings. The lowest BCUT2D eigenvalue weighted by Crippen LogP contribution is -2.06. The zero-order chi connectivity index (χ0) is 10.7. The molecule has 0 amide bonds. The zero-order valence-electron chi connectivity index (χ0n) is 8.95. The minimum atomic E-state index is 0.827. The molecule has 0 radical (unpaired) electrons. The summed E-state index contributed by atoms with van der Waals surface area (Å²) < 4.78 is 0. The molecule has 1 N–H and O–H groups in total. The van der Waals surface area contributed by atoms with Crippen LogP contribution in [0, 0.1) is 6.92 Å². The van der Waals surface area contributed by atoms with Crippen molar-refractivity contribution in [1.29, 1.82) is 0 Å². The highest BCUT2D eigenvalue weighted by molar-refractivity contribution is 7.13. The normalized spacial score (nSPS) is 10.5. The number of nitrogens with one attached hydrogen (secondary N) is 1. The van der Waals surface area contributed by atoms with E-state index in [1.54, 1.807) is 11.3 Å². The van der Waals surface area contributed by atoms with Gasteiger partial charge in [0.2, 0.25) is 0 Å². The van der Waals surface area contributed by atoms with Crippen molar-refractivity contribution < 1.29 is 0 Å². The first-order valence-corrected chi connectivity index (χ1v) is 5.84. The second-order valence-electron chi connectivity index (χ2n) is 3.47. The van der Waals surface area contributed by atoms with E-state index in [0.29, 0.717) is 0 Å². The van der Waals surface area contributed by atoms with Gasteiger partial charge in [0.05, 0.1) is 16.1 Å². The largest absolute Gasteiger partial charge is 0.314 e. The first-order valence-electron chi connectivity index (χ1n) is 4.96. The van der Waals surface area contributed by atoms with Gasteiger partial charge in [0.1, 0.15) is 0 Å². The Morgan fingerprint density at radius 2 is 2.13 bits per heavy atom. The number of rotatable bonds is 3. The lowest BCUT2D eigenvalue weighted by molar-refractivity contribution is 0.799. The van der Waals surface area contributed by atoms with Gasteiger partial charge >= 0.3 is 0 Å². The van der Waals surface area contributed by atoms with Crippen LogP contribution < -0.4 is 5.32 Å². The highest BCUT2D eigenvalue weighted by Crippen LogP contribution is 2.29. The molecule has 0 saturated carbocycles. The van der Waals surface area contributed by atoms with E-state index in [2.05, 4.69) is 41.5 Å². The van der Waals surface area contributed by atoms with Gasteiger partial charge in [-0.25, -0.2) is 4.98 Å². The van der Waals surface area contributed by atoms with Gasteiger partial charge in [-0.1, -0.05) is 24.3 Å². The molecule has 3 heteroatoms. The van der Waals surface area contributed by atoms with Crippen molar-refractivity contribution in [1.82, 2.24) is 10.3 Å². The second-order valence-corrected chi connectivity index (χ2v) is 4.33. The maximum atomic E-state index is 4.38. The third-order valence-electron chi connectivity index (χ3n) is 2.38. The van der Waals surface area contributed by atoms with E-state index < -0.39 is 0 Å². The molecular formula is C12H14N2S. The highest BCUT2D eigenvalue weighted by atomic mass is 32.1. The topological polar surface area (TPSA) is 24.9 Å². The number of nitrogens with zero attached hydrogens (tertiary/aromatic N) is 1. The minimum Gasteiger partial charge on any atom is -0.314 e. The zero-order valence-corrected chi connectivity index (χ0v) is 9.77. The van der Waals surface area contributed by atoms with Crippen LogP contribution >= 0.6 is 11.3 Å². The molecule has 2 rings (SSSR count). The lowest BCUT2D eigenvalue weighted by atomic mass is 10.1. The van der Waals surface area contributed by atoms with Gasteiger partial charge in [-0.15, -0.1) is 11.3 Å². The third kappa shape index (κ3) is 2.08. The van der Waals surface area contributed by atoms with Crippen molar-refractivity contribution in [3.8, 4) is 10.4 Å². The summed E-state index contributed by atoms with van der Waals surface area (Å²) in [6.07, 6.45) is 0. The van der Waals surface area contributed by atoms with Crippen LogP contribution in [0.5, 0.6) is 0 Å². The summed E-state index contributed by atoms with van der Waals surface area (Å²) in [6.45, 7) is 2.96. The summed E-state index contributed by atoms with van der Waals surface area (Å²) in [6, 6.07) is 8.43.